The Bertz CT molecular complexity index is 520. The maximum atomic E-state index is 13.1. The summed E-state index contributed by atoms with van der Waals surface area (Å²) in [6, 6.07) is 9.61. The van der Waals surface area contributed by atoms with Gasteiger partial charge in [0.2, 0.25) is 0 Å². The number of nitrogen functional groups attached to an aromatic ring is 1. The van der Waals surface area contributed by atoms with Crippen LogP contribution in [0.5, 0.6) is 5.75 Å². The lowest BCUT2D eigenvalue weighted by Gasteiger charge is -2.11. The van der Waals surface area contributed by atoms with Crippen LogP contribution in [0.3, 0.4) is 0 Å². The number of hydrogen-bond donors (Lipinski definition) is 1. The van der Waals surface area contributed by atoms with Crippen molar-refractivity contribution in [2.45, 2.75) is 13.5 Å². The number of hydrogen-bond acceptors (Lipinski definition) is 2. The summed E-state index contributed by atoms with van der Waals surface area (Å²) in [5.74, 6) is 0.184. The number of benzene rings is 2. The first kappa shape index (κ1) is 12.7. The van der Waals surface area contributed by atoms with E-state index in [9.17, 15) is 4.39 Å². The Hall–Kier alpha value is -1.74. The standard InChI is InChI=1S/C14H13ClFNO/c1-9-2-4-12(16)7-14(9)18-8-10-6-11(15)3-5-13(10)17/h2-7H,8,17H2,1H3. The van der Waals surface area contributed by atoms with E-state index < -0.39 is 0 Å². The molecular weight excluding hydrogens is 253 g/mol. The normalized spacial score (nSPS) is 10.4. The van der Waals surface area contributed by atoms with Crippen LogP contribution < -0.4 is 10.5 Å². The van der Waals surface area contributed by atoms with Crippen LogP contribution in [0.15, 0.2) is 36.4 Å². The summed E-state index contributed by atoms with van der Waals surface area (Å²) in [5.41, 5.74) is 8.07. The number of halogens is 2. The summed E-state index contributed by atoms with van der Waals surface area (Å²) in [6.45, 7) is 2.12. The van der Waals surface area contributed by atoms with Crippen LogP contribution in [-0.4, -0.2) is 0 Å². The second kappa shape index (κ2) is 5.27. The fourth-order valence-corrected chi connectivity index (χ4v) is 1.78. The van der Waals surface area contributed by atoms with E-state index in [-0.39, 0.29) is 12.4 Å². The van der Waals surface area contributed by atoms with Crippen LogP contribution in [-0.2, 0) is 6.61 Å². The molecule has 94 valence electrons. The van der Waals surface area contributed by atoms with Crippen LogP contribution in [0.25, 0.3) is 0 Å². The van der Waals surface area contributed by atoms with Gasteiger partial charge in [0, 0.05) is 22.3 Å². The van der Waals surface area contributed by atoms with Crippen LogP contribution >= 0.6 is 11.6 Å². The van der Waals surface area contributed by atoms with E-state index in [1.807, 2.05) is 6.92 Å². The van der Waals surface area contributed by atoms with Gasteiger partial charge in [-0.05, 0) is 36.8 Å². The average molecular weight is 266 g/mol. The third-order valence-corrected chi connectivity index (χ3v) is 2.87. The number of anilines is 1. The molecule has 0 aromatic heterocycles. The summed E-state index contributed by atoms with van der Waals surface area (Å²) in [7, 11) is 0. The first-order valence-corrected chi connectivity index (χ1v) is 5.87. The highest BCUT2D eigenvalue weighted by molar-refractivity contribution is 6.30. The lowest BCUT2D eigenvalue weighted by atomic mass is 10.2. The van der Waals surface area contributed by atoms with Crippen molar-refractivity contribution in [2.75, 3.05) is 5.73 Å². The van der Waals surface area contributed by atoms with Gasteiger partial charge in [0.15, 0.2) is 0 Å². The Morgan fingerprint density at radius 3 is 2.78 bits per heavy atom. The third-order valence-electron chi connectivity index (χ3n) is 2.64. The van der Waals surface area contributed by atoms with E-state index >= 15 is 0 Å². The monoisotopic (exact) mass is 265 g/mol. The Morgan fingerprint density at radius 2 is 2.00 bits per heavy atom. The van der Waals surface area contributed by atoms with Gasteiger partial charge in [-0.3, -0.25) is 0 Å². The van der Waals surface area contributed by atoms with Crippen molar-refractivity contribution >= 4 is 17.3 Å². The Labute approximate surface area is 110 Å². The molecule has 2 aromatic rings. The Morgan fingerprint density at radius 1 is 1.22 bits per heavy atom. The maximum absolute atomic E-state index is 13.1. The van der Waals surface area contributed by atoms with Gasteiger partial charge in [-0.25, -0.2) is 4.39 Å². The van der Waals surface area contributed by atoms with E-state index in [4.69, 9.17) is 22.1 Å². The summed E-state index contributed by atoms with van der Waals surface area (Å²) in [4.78, 5) is 0. The van der Waals surface area contributed by atoms with E-state index in [0.717, 1.165) is 11.1 Å². The number of nitrogens with two attached hydrogens (primary N) is 1. The maximum Gasteiger partial charge on any atom is 0.126 e. The van der Waals surface area contributed by atoms with Crippen molar-refractivity contribution in [1.82, 2.24) is 0 Å². The number of aryl methyl sites for hydroxylation is 1. The largest absolute Gasteiger partial charge is 0.488 e. The van der Waals surface area contributed by atoms with Gasteiger partial charge in [0.25, 0.3) is 0 Å². The molecule has 2 aromatic carbocycles. The molecule has 0 amide bonds. The van der Waals surface area contributed by atoms with Crippen molar-refractivity contribution in [3.8, 4) is 5.75 Å². The van der Waals surface area contributed by atoms with Crippen LogP contribution in [0, 0.1) is 12.7 Å². The number of ether oxygens (including phenoxy) is 1. The summed E-state index contributed by atoms with van der Waals surface area (Å²) in [6.07, 6.45) is 0. The predicted octanol–water partition coefficient (Wildman–Crippen LogP) is 3.95. The molecule has 2 rings (SSSR count). The third kappa shape index (κ3) is 2.93. The topological polar surface area (TPSA) is 35.2 Å². The van der Waals surface area contributed by atoms with Gasteiger partial charge < -0.3 is 10.5 Å². The summed E-state index contributed by atoms with van der Waals surface area (Å²) < 4.78 is 18.7. The fraction of sp³-hybridized carbons (Fsp3) is 0.143. The molecule has 0 aliphatic rings. The predicted molar refractivity (Wildman–Crippen MR) is 71.3 cm³/mol. The fourth-order valence-electron chi connectivity index (χ4n) is 1.58. The van der Waals surface area contributed by atoms with E-state index in [1.54, 1.807) is 24.3 Å². The van der Waals surface area contributed by atoms with Gasteiger partial charge in [-0.2, -0.15) is 0 Å². The van der Waals surface area contributed by atoms with Crippen molar-refractivity contribution in [3.63, 3.8) is 0 Å². The SMILES string of the molecule is Cc1ccc(F)cc1OCc1cc(Cl)ccc1N. The highest BCUT2D eigenvalue weighted by Crippen LogP contribution is 2.23. The molecule has 0 aliphatic heterocycles. The molecule has 2 N–H and O–H groups in total. The zero-order valence-corrected chi connectivity index (χ0v) is 10.7. The molecule has 2 nitrogen and oxygen atoms in total. The minimum absolute atomic E-state index is 0.261. The number of rotatable bonds is 3. The van der Waals surface area contributed by atoms with Gasteiger partial charge in [-0.1, -0.05) is 17.7 Å². The molecule has 0 fully saturated rings. The molecular formula is C14H13ClFNO. The van der Waals surface area contributed by atoms with Gasteiger partial charge in [0.05, 0.1) is 0 Å². The molecule has 0 spiro atoms. The van der Waals surface area contributed by atoms with Gasteiger partial charge in [0.1, 0.15) is 18.2 Å². The van der Waals surface area contributed by atoms with Crippen molar-refractivity contribution in [3.05, 3.63) is 58.4 Å². The smallest absolute Gasteiger partial charge is 0.126 e. The van der Waals surface area contributed by atoms with E-state index in [2.05, 4.69) is 0 Å². The summed E-state index contributed by atoms with van der Waals surface area (Å²) in [5, 5.41) is 0.596. The molecule has 18 heavy (non-hydrogen) atoms. The first-order valence-electron chi connectivity index (χ1n) is 5.49. The molecule has 0 heterocycles. The van der Waals surface area contributed by atoms with Gasteiger partial charge >= 0.3 is 0 Å². The lowest BCUT2D eigenvalue weighted by Crippen LogP contribution is -2.01. The highest BCUT2D eigenvalue weighted by atomic mass is 35.5. The molecule has 0 atom stereocenters. The minimum atomic E-state index is -0.324. The molecule has 0 saturated heterocycles. The van der Waals surface area contributed by atoms with Crippen LogP contribution in [0.1, 0.15) is 11.1 Å². The zero-order chi connectivity index (χ0) is 13.1. The molecule has 0 unspecified atom stereocenters. The van der Waals surface area contributed by atoms with Crippen molar-refractivity contribution in [1.29, 1.82) is 0 Å². The van der Waals surface area contributed by atoms with Gasteiger partial charge in [-0.15, -0.1) is 0 Å². The molecule has 0 aliphatic carbocycles. The molecule has 0 radical (unpaired) electrons. The van der Waals surface area contributed by atoms with Crippen LogP contribution in [0.2, 0.25) is 5.02 Å². The zero-order valence-electron chi connectivity index (χ0n) is 9.91. The van der Waals surface area contributed by atoms with Crippen LogP contribution in [0.4, 0.5) is 10.1 Å². The van der Waals surface area contributed by atoms with E-state index in [0.29, 0.717) is 16.5 Å². The Kier molecular flexibility index (Phi) is 3.72. The van der Waals surface area contributed by atoms with Crippen molar-refractivity contribution < 1.29 is 9.13 Å². The molecule has 0 saturated carbocycles. The second-order valence-corrected chi connectivity index (χ2v) is 4.48. The minimum Gasteiger partial charge on any atom is -0.488 e. The Balaban J connectivity index is 2.16. The van der Waals surface area contributed by atoms with Crippen molar-refractivity contribution in [2.24, 2.45) is 0 Å². The lowest BCUT2D eigenvalue weighted by molar-refractivity contribution is 0.303. The average Bonchev–Trinajstić information content (AvgIpc) is 2.34. The second-order valence-electron chi connectivity index (χ2n) is 4.04. The highest BCUT2D eigenvalue weighted by Gasteiger charge is 2.05. The summed E-state index contributed by atoms with van der Waals surface area (Å²) >= 11 is 5.88. The quantitative estimate of drug-likeness (QED) is 0.853. The first-order chi connectivity index (χ1) is 8.56. The van der Waals surface area contributed by atoms with E-state index in [1.165, 1.54) is 12.1 Å². The molecule has 0 bridgehead atoms. The molecule has 4 heteroatoms.